The molecule has 0 spiro atoms. The highest BCUT2D eigenvalue weighted by Crippen LogP contribution is 2.44. The first kappa shape index (κ1) is 52.1. The number of hydrogen-bond acceptors (Lipinski definition) is 8. The van der Waals surface area contributed by atoms with Gasteiger partial charge in [0, 0.05) is 71.3 Å². The maximum absolute atomic E-state index is 6.86. The average molecular weight is 1150 g/mol. The molecule has 14 aromatic carbocycles. The Morgan fingerprint density at radius 3 is 1.24 bits per heavy atom. The molecule has 0 fully saturated rings. The minimum Gasteiger partial charge on any atom is -0.455 e. The van der Waals surface area contributed by atoms with Crippen molar-refractivity contribution >= 4 is 87.0 Å². The van der Waals surface area contributed by atoms with Crippen molar-refractivity contribution in [1.29, 1.82) is 0 Å². The van der Waals surface area contributed by atoms with E-state index in [-0.39, 0.29) is 0 Å². The Labute approximate surface area is 516 Å². The van der Waals surface area contributed by atoms with Gasteiger partial charge in [0.25, 0.3) is 0 Å². The summed E-state index contributed by atoms with van der Waals surface area (Å²) in [5.74, 6) is 3.79. The topological polar surface area (TPSA) is 104 Å². The number of fused-ring (bicyclic) bond motifs is 14. The second-order valence-corrected chi connectivity index (χ2v) is 22.5. The van der Waals surface area contributed by atoms with Gasteiger partial charge in [0.1, 0.15) is 22.3 Å². The molecule has 0 aliphatic carbocycles. The summed E-state index contributed by atoms with van der Waals surface area (Å²) < 4.78 is 13.4. The van der Waals surface area contributed by atoms with Crippen LogP contribution >= 0.6 is 0 Å². The van der Waals surface area contributed by atoms with Gasteiger partial charge in [-0.25, -0.2) is 29.9 Å². The molecule has 0 saturated carbocycles. The quantitative estimate of drug-likeness (QED) is 0.139. The fourth-order valence-corrected chi connectivity index (χ4v) is 12.7. The molecule has 18 rings (SSSR count). The molecule has 8 nitrogen and oxygen atoms in total. The molecule has 420 valence electrons. The van der Waals surface area contributed by atoms with E-state index in [2.05, 4.69) is 194 Å². The van der Waals surface area contributed by atoms with Crippen LogP contribution in [0.2, 0.25) is 0 Å². The molecule has 0 aliphatic heterocycles. The first-order chi connectivity index (χ1) is 44.6. The monoisotopic (exact) mass is 1150 g/mol. The molecule has 0 saturated heterocycles. The molecular formula is C82H50N6O2. The van der Waals surface area contributed by atoms with E-state index in [1.165, 1.54) is 21.7 Å². The van der Waals surface area contributed by atoms with Gasteiger partial charge < -0.3 is 8.83 Å². The van der Waals surface area contributed by atoms with E-state index in [9.17, 15) is 0 Å². The summed E-state index contributed by atoms with van der Waals surface area (Å²) in [6.45, 7) is 0. The van der Waals surface area contributed by atoms with E-state index in [1.54, 1.807) is 0 Å². The Hall–Kier alpha value is -12.3. The Morgan fingerprint density at radius 1 is 0.189 bits per heavy atom. The van der Waals surface area contributed by atoms with Crippen molar-refractivity contribution in [2.24, 2.45) is 0 Å². The normalized spacial score (nSPS) is 11.6. The van der Waals surface area contributed by atoms with Gasteiger partial charge >= 0.3 is 0 Å². The summed E-state index contributed by atoms with van der Waals surface area (Å²) in [7, 11) is 0. The zero-order valence-corrected chi connectivity index (χ0v) is 48.4. The Morgan fingerprint density at radius 2 is 0.589 bits per heavy atom. The van der Waals surface area contributed by atoms with Crippen LogP contribution in [0.4, 0.5) is 0 Å². The highest BCUT2D eigenvalue weighted by atomic mass is 16.3. The van der Waals surface area contributed by atoms with E-state index >= 15 is 0 Å². The van der Waals surface area contributed by atoms with Crippen LogP contribution in [0.5, 0.6) is 0 Å². The predicted octanol–water partition coefficient (Wildman–Crippen LogP) is 21.5. The van der Waals surface area contributed by atoms with Gasteiger partial charge in [-0.2, -0.15) is 0 Å². The van der Waals surface area contributed by atoms with Crippen molar-refractivity contribution in [2.45, 2.75) is 0 Å². The van der Waals surface area contributed by atoms with Crippen LogP contribution in [-0.4, -0.2) is 29.9 Å². The molecule has 0 N–H and O–H groups in total. The van der Waals surface area contributed by atoms with Crippen molar-refractivity contribution in [2.75, 3.05) is 0 Å². The molecule has 0 aliphatic rings. The van der Waals surface area contributed by atoms with Crippen molar-refractivity contribution in [1.82, 2.24) is 29.9 Å². The maximum atomic E-state index is 6.86. The molecule has 8 heteroatoms. The van der Waals surface area contributed by atoms with Crippen LogP contribution in [-0.2, 0) is 0 Å². The number of rotatable bonds is 8. The van der Waals surface area contributed by atoms with Crippen LogP contribution in [0.1, 0.15) is 0 Å². The first-order valence-electron chi connectivity index (χ1n) is 30.1. The Kier molecular flexibility index (Phi) is 12.7. The zero-order valence-electron chi connectivity index (χ0n) is 48.4. The van der Waals surface area contributed by atoms with Gasteiger partial charge in [-0.3, -0.25) is 0 Å². The molecule has 0 amide bonds. The standard InChI is InChI=1S/C47H29N3O.C35H21N3O/c1-3-11-30(12-4-1)31-21-25-35(26-22-31)46-48-45(34-14-5-2-6-15-34)49-47(50-46)37-17-9-16-36(29-37)39-19-10-20-40-41-28-27-33-24-23-32-13-7-8-18-38(32)42(33)44(41)51-43(39)40;1-3-11-22(12-4-1)33-36-34(23-13-5-2-6-14-23)38-35(37-33)29-21-24-15-7-8-16-25(24)31-27(29)19-20-28-26-17-9-10-18-30(26)39-32(28)31/h1-29H;1-21H. The number of aromatic nitrogens is 6. The van der Waals surface area contributed by atoms with Crippen LogP contribution < -0.4 is 0 Å². The lowest BCUT2D eigenvalue weighted by Crippen LogP contribution is -2.00. The zero-order chi connectivity index (χ0) is 59.5. The summed E-state index contributed by atoms with van der Waals surface area (Å²) in [6.07, 6.45) is 0. The van der Waals surface area contributed by atoms with Crippen LogP contribution in [0.15, 0.2) is 312 Å². The molecule has 4 heterocycles. The lowest BCUT2D eigenvalue weighted by atomic mass is 9.95. The minimum atomic E-state index is 0.613. The molecule has 0 unspecified atom stereocenters. The lowest BCUT2D eigenvalue weighted by Gasteiger charge is -2.13. The van der Waals surface area contributed by atoms with Crippen molar-refractivity contribution < 1.29 is 8.83 Å². The molecular weight excluding hydrogens is 1100 g/mol. The summed E-state index contributed by atoms with van der Waals surface area (Å²) in [5.41, 5.74) is 13.5. The predicted molar refractivity (Wildman–Crippen MR) is 368 cm³/mol. The van der Waals surface area contributed by atoms with Gasteiger partial charge in [-0.05, 0) is 79.3 Å². The number of nitrogens with zero attached hydrogens (tertiary/aromatic N) is 6. The van der Waals surface area contributed by atoms with Gasteiger partial charge in [0.05, 0.1) is 0 Å². The molecule has 4 aromatic heterocycles. The fraction of sp³-hybridized carbons (Fsp3) is 0. The highest BCUT2D eigenvalue weighted by Gasteiger charge is 2.22. The minimum absolute atomic E-state index is 0.613. The van der Waals surface area contributed by atoms with E-state index in [0.717, 1.165) is 121 Å². The SMILES string of the molecule is c1ccc(-c2ccc(-c3nc(-c4ccccc4)nc(-c4cccc(-c5cccc6c5oc5c6ccc6ccc7ccccc7c65)c4)n3)cc2)cc1.c1ccc(-c2nc(-c3ccccc3)nc(-c3cc4ccccc4c4c3ccc3c5ccccc5oc34)n2)cc1. The fourth-order valence-electron chi connectivity index (χ4n) is 12.7. The molecule has 90 heavy (non-hydrogen) atoms. The molecule has 18 aromatic rings. The Bertz CT molecular complexity index is 5720. The molecule has 0 atom stereocenters. The van der Waals surface area contributed by atoms with Crippen molar-refractivity contribution in [3.05, 3.63) is 303 Å². The van der Waals surface area contributed by atoms with Gasteiger partial charge in [-0.15, -0.1) is 0 Å². The first-order valence-corrected chi connectivity index (χ1v) is 30.1. The van der Waals surface area contributed by atoms with Crippen LogP contribution in [0, 0.1) is 0 Å². The maximum Gasteiger partial charge on any atom is 0.164 e. The summed E-state index contributed by atoms with van der Waals surface area (Å²) >= 11 is 0. The smallest absolute Gasteiger partial charge is 0.164 e. The summed E-state index contributed by atoms with van der Waals surface area (Å²) in [6, 6.07) is 104. The molecule has 0 bridgehead atoms. The third kappa shape index (κ3) is 9.26. The van der Waals surface area contributed by atoms with Crippen molar-refractivity contribution in [3.63, 3.8) is 0 Å². The summed E-state index contributed by atoms with van der Waals surface area (Å²) in [5, 5.41) is 13.5. The van der Waals surface area contributed by atoms with Gasteiger partial charge in [-0.1, -0.05) is 273 Å². The largest absolute Gasteiger partial charge is 0.455 e. The van der Waals surface area contributed by atoms with Gasteiger partial charge in [0.15, 0.2) is 34.9 Å². The number of hydrogen-bond donors (Lipinski definition) is 0. The van der Waals surface area contributed by atoms with Gasteiger partial charge in [0.2, 0.25) is 0 Å². The number of benzene rings is 14. The lowest BCUT2D eigenvalue weighted by molar-refractivity contribution is 0.673. The van der Waals surface area contributed by atoms with E-state index < -0.39 is 0 Å². The van der Waals surface area contributed by atoms with E-state index in [0.29, 0.717) is 34.9 Å². The number of para-hydroxylation sites is 2. The van der Waals surface area contributed by atoms with E-state index in [1.807, 2.05) is 109 Å². The molecule has 0 radical (unpaired) electrons. The second-order valence-electron chi connectivity index (χ2n) is 22.5. The van der Waals surface area contributed by atoms with Crippen LogP contribution in [0.3, 0.4) is 0 Å². The average Bonchev–Trinajstić information content (AvgIpc) is 1.53. The Balaban J connectivity index is 0.000000144. The van der Waals surface area contributed by atoms with E-state index in [4.69, 9.17) is 38.7 Å². The van der Waals surface area contributed by atoms with Crippen LogP contribution in [0.25, 0.3) is 178 Å². The second kappa shape index (κ2) is 21.9. The summed E-state index contributed by atoms with van der Waals surface area (Å²) in [4.78, 5) is 30.0. The third-order valence-corrected chi connectivity index (χ3v) is 17.0. The highest BCUT2D eigenvalue weighted by molar-refractivity contribution is 6.26. The van der Waals surface area contributed by atoms with Crippen molar-refractivity contribution in [3.8, 4) is 90.6 Å². The number of furan rings is 2. The third-order valence-electron chi connectivity index (χ3n) is 17.0.